The van der Waals surface area contributed by atoms with Crippen molar-refractivity contribution in [1.82, 2.24) is 14.6 Å². The molecule has 2 aromatic heterocycles. The van der Waals surface area contributed by atoms with Gasteiger partial charge in [-0.3, -0.25) is 4.40 Å². The lowest BCUT2D eigenvalue weighted by molar-refractivity contribution is -0.137. The third-order valence-corrected chi connectivity index (χ3v) is 3.19. The molecule has 0 unspecified atom stereocenters. The van der Waals surface area contributed by atoms with Crippen LogP contribution in [0.25, 0.3) is 17.0 Å². The number of rotatable bonds is 1. The van der Waals surface area contributed by atoms with Gasteiger partial charge < -0.3 is 5.73 Å². The second-order valence-corrected chi connectivity index (χ2v) is 4.76. The summed E-state index contributed by atoms with van der Waals surface area (Å²) in [6.45, 7) is 1.90. The second kappa shape index (κ2) is 4.47. The van der Waals surface area contributed by atoms with Gasteiger partial charge in [0.1, 0.15) is 0 Å². The van der Waals surface area contributed by atoms with E-state index >= 15 is 0 Å². The lowest BCUT2D eigenvalue weighted by atomic mass is 10.1. The largest absolute Gasteiger partial charge is 0.416 e. The summed E-state index contributed by atoms with van der Waals surface area (Å²) in [5, 5.41) is 7.92. The van der Waals surface area contributed by atoms with Crippen LogP contribution in [0.4, 0.5) is 18.9 Å². The van der Waals surface area contributed by atoms with E-state index in [1.807, 2.05) is 13.0 Å². The van der Waals surface area contributed by atoms with Gasteiger partial charge in [-0.1, -0.05) is 0 Å². The van der Waals surface area contributed by atoms with Crippen LogP contribution in [-0.4, -0.2) is 14.6 Å². The molecule has 21 heavy (non-hydrogen) atoms. The Hall–Kier alpha value is -2.57. The molecular weight excluding hydrogens is 281 g/mol. The monoisotopic (exact) mass is 292 g/mol. The van der Waals surface area contributed by atoms with Gasteiger partial charge in [-0.05, 0) is 42.8 Å². The predicted molar refractivity (Wildman–Crippen MR) is 72.6 cm³/mol. The molecule has 0 aliphatic heterocycles. The summed E-state index contributed by atoms with van der Waals surface area (Å²) in [5.41, 5.74) is 7.00. The van der Waals surface area contributed by atoms with Crippen LogP contribution in [0.1, 0.15) is 11.1 Å². The number of hydrogen-bond acceptors (Lipinski definition) is 3. The van der Waals surface area contributed by atoms with Crippen molar-refractivity contribution in [3.63, 3.8) is 0 Å². The number of alkyl halides is 3. The molecule has 0 bridgehead atoms. The molecule has 108 valence electrons. The molecule has 0 saturated carbocycles. The van der Waals surface area contributed by atoms with Gasteiger partial charge in [0, 0.05) is 17.4 Å². The maximum absolute atomic E-state index is 12.8. The highest BCUT2D eigenvalue weighted by molar-refractivity contribution is 5.74. The highest BCUT2D eigenvalue weighted by atomic mass is 19.4. The number of anilines is 1. The number of halogens is 3. The van der Waals surface area contributed by atoms with Crippen LogP contribution in [0.15, 0.2) is 36.5 Å². The molecule has 3 rings (SSSR count). The first kappa shape index (κ1) is 13.4. The lowest BCUT2D eigenvalue weighted by Crippen LogP contribution is -2.06. The third kappa shape index (κ3) is 2.31. The first-order chi connectivity index (χ1) is 9.86. The fourth-order valence-corrected chi connectivity index (χ4v) is 2.10. The van der Waals surface area contributed by atoms with E-state index in [0.29, 0.717) is 5.65 Å². The Morgan fingerprint density at radius 1 is 1.10 bits per heavy atom. The van der Waals surface area contributed by atoms with Crippen molar-refractivity contribution < 1.29 is 13.2 Å². The molecule has 1 aromatic carbocycles. The molecular formula is C14H11F3N4. The summed E-state index contributed by atoms with van der Waals surface area (Å²) in [6, 6.07) is 6.79. The lowest BCUT2D eigenvalue weighted by Gasteiger charge is -2.10. The van der Waals surface area contributed by atoms with Gasteiger partial charge in [-0.25, -0.2) is 0 Å². The maximum Gasteiger partial charge on any atom is 0.416 e. The molecule has 0 amide bonds. The van der Waals surface area contributed by atoms with E-state index in [-0.39, 0.29) is 17.1 Å². The topological polar surface area (TPSA) is 56.2 Å². The van der Waals surface area contributed by atoms with Crippen molar-refractivity contribution in [2.75, 3.05) is 5.73 Å². The van der Waals surface area contributed by atoms with Crippen LogP contribution >= 0.6 is 0 Å². The van der Waals surface area contributed by atoms with Crippen LogP contribution in [0.3, 0.4) is 0 Å². The summed E-state index contributed by atoms with van der Waals surface area (Å²) < 4.78 is 40.1. The van der Waals surface area contributed by atoms with Crippen LogP contribution in [-0.2, 0) is 6.18 Å². The Morgan fingerprint density at radius 3 is 2.57 bits per heavy atom. The Labute approximate surface area is 118 Å². The minimum atomic E-state index is -4.43. The van der Waals surface area contributed by atoms with E-state index in [2.05, 4.69) is 10.2 Å². The minimum Gasteiger partial charge on any atom is -0.398 e. The molecule has 0 radical (unpaired) electrons. The standard InChI is InChI=1S/C14H11F3N4/c1-8-4-5-21-12(6-8)19-20-13(21)10-7-9(14(15,16)17)2-3-11(10)18/h2-7H,18H2,1H3. The Balaban J connectivity index is 2.23. The number of pyridine rings is 1. The minimum absolute atomic E-state index is 0.209. The zero-order valence-electron chi connectivity index (χ0n) is 11.0. The number of nitrogen functional groups attached to an aromatic ring is 1. The molecule has 4 nitrogen and oxygen atoms in total. The predicted octanol–water partition coefficient (Wildman–Crippen LogP) is 3.31. The van der Waals surface area contributed by atoms with E-state index in [9.17, 15) is 13.2 Å². The highest BCUT2D eigenvalue weighted by Gasteiger charge is 2.31. The molecule has 3 aromatic rings. The van der Waals surface area contributed by atoms with Gasteiger partial charge in [0.2, 0.25) is 0 Å². The molecule has 0 saturated heterocycles. The first-order valence-electron chi connectivity index (χ1n) is 6.15. The van der Waals surface area contributed by atoms with Crippen molar-refractivity contribution in [1.29, 1.82) is 0 Å². The Morgan fingerprint density at radius 2 is 1.86 bits per heavy atom. The average Bonchev–Trinajstić information content (AvgIpc) is 2.80. The highest BCUT2D eigenvalue weighted by Crippen LogP contribution is 2.34. The molecule has 0 fully saturated rings. The van der Waals surface area contributed by atoms with Gasteiger partial charge in [-0.2, -0.15) is 13.2 Å². The summed E-state index contributed by atoms with van der Waals surface area (Å²) in [7, 11) is 0. The molecule has 0 spiro atoms. The summed E-state index contributed by atoms with van der Waals surface area (Å²) >= 11 is 0. The number of aromatic nitrogens is 3. The normalized spacial score (nSPS) is 12.0. The molecule has 7 heteroatoms. The zero-order chi connectivity index (χ0) is 15.2. The van der Waals surface area contributed by atoms with Crippen molar-refractivity contribution >= 4 is 11.3 Å². The number of aryl methyl sites for hydroxylation is 1. The molecule has 2 heterocycles. The van der Waals surface area contributed by atoms with E-state index in [0.717, 1.165) is 17.7 Å². The Kier molecular flexibility index (Phi) is 2.86. The van der Waals surface area contributed by atoms with Crippen LogP contribution in [0, 0.1) is 6.92 Å². The van der Waals surface area contributed by atoms with Crippen LogP contribution < -0.4 is 5.73 Å². The zero-order valence-corrected chi connectivity index (χ0v) is 11.0. The van der Waals surface area contributed by atoms with Crippen molar-refractivity contribution in [2.24, 2.45) is 0 Å². The number of hydrogen-bond donors (Lipinski definition) is 1. The van der Waals surface area contributed by atoms with E-state index in [4.69, 9.17) is 5.73 Å². The molecule has 0 aliphatic rings. The average molecular weight is 292 g/mol. The van der Waals surface area contributed by atoms with E-state index in [1.165, 1.54) is 6.07 Å². The van der Waals surface area contributed by atoms with Crippen molar-refractivity contribution in [3.8, 4) is 11.4 Å². The van der Waals surface area contributed by atoms with Gasteiger partial charge in [0.25, 0.3) is 0 Å². The molecule has 0 atom stereocenters. The van der Waals surface area contributed by atoms with Crippen LogP contribution in [0.5, 0.6) is 0 Å². The van der Waals surface area contributed by atoms with E-state index < -0.39 is 11.7 Å². The number of nitrogens with zero attached hydrogens (tertiary/aromatic N) is 3. The van der Waals surface area contributed by atoms with Gasteiger partial charge in [0.15, 0.2) is 11.5 Å². The smallest absolute Gasteiger partial charge is 0.398 e. The second-order valence-electron chi connectivity index (χ2n) is 4.76. The SMILES string of the molecule is Cc1ccn2c(-c3cc(C(F)(F)F)ccc3N)nnc2c1. The summed E-state index contributed by atoms with van der Waals surface area (Å²) in [4.78, 5) is 0. The van der Waals surface area contributed by atoms with Gasteiger partial charge in [-0.15, -0.1) is 10.2 Å². The fraction of sp³-hybridized carbons (Fsp3) is 0.143. The van der Waals surface area contributed by atoms with E-state index in [1.54, 1.807) is 16.7 Å². The van der Waals surface area contributed by atoms with Crippen molar-refractivity contribution in [2.45, 2.75) is 13.1 Å². The number of fused-ring (bicyclic) bond motifs is 1. The van der Waals surface area contributed by atoms with Gasteiger partial charge in [0.05, 0.1) is 5.56 Å². The van der Waals surface area contributed by atoms with Crippen LogP contribution in [0.2, 0.25) is 0 Å². The summed E-state index contributed by atoms with van der Waals surface area (Å²) in [6.07, 6.45) is -2.72. The fourth-order valence-electron chi connectivity index (χ4n) is 2.10. The van der Waals surface area contributed by atoms with Gasteiger partial charge >= 0.3 is 6.18 Å². The first-order valence-corrected chi connectivity index (χ1v) is 6.15. The number of nitrogens with two attached hydrogens (primary N) is 1. The quantitative estimate of drug-likeness (QED) is 0.700. The Bertz CT molecular complexity index is 821. The number of benzene rings is 1. The summed E-state index contributed by atoms with van der Waals surface area (Å²) in [5.74, 6) is 0.286. The molecule has 0 aliphatic carbocycles. The molecule has 2 N–H and O–H groups in total. The third-order valence-electron chi connectivity index (χ3n) is 3.19. The maximum atomic E-state index is 12.8. The van der Waals surface area contributed by atoms with Crippen molar-refractivity contribution in [3.05, 3.63) is 47.7 Å².